The molecule has 0 aromatic heterocycles. The summed E-state index contributed by atoms with van der Waals surface area (Å²) < 4.78 is 55.8. The standard InChI is InChI=1S/C18H36O10P2/c1-5-10-25-29(21,27-15-17(2)19)13-8-6-7-9-14-30(22,26-12-11-23-3)28-16-18(20)24-4/h5-16H2,1-4H3. The van der Waals surface area contributed by atoms with E-state index in [1.807, 2.05) is 6.92 Å². The molecule has 0 heterocycles. The highest BCUT2D eigenvalue weighted by molar-refractivity contribution is 7.54. The van der Waals surface area contributed by atoms with E-state index in [1.54, 1.807) is 0 Å². The van der Waals surface area contributed by atoms with Crippen molar-refractivity contribution in [1.82, 2.24) is 0 Å². The van der Waals surface area contributed by atoms with E-state index in [0.717, 1.165) is 0 Å². The summed E-state index contributed by atoms with van der Waals surface area (Å²) in [6.07, 6.45) is 3.51. The number of unbranched alkanes of at least 4 members (excludes halogenated alkanes) is 3. The molecule has 0 saturated carbocycles. The molecule has 0 aromatic carbocycles. The lowest BCUT2D eigenvalue weighted by Gasteiger charge is -2.19. The molecule has 178 valence electrons. The van der Waals surface area contributed by atoms with Gasteiger partial charge in [-0.15, -0.1) is 0 Å². The Morgan fingerprint density at radius 1 is 0.733 bits per heavy atom. The quantitative estimate of drug-likeness (QED) is 0.146. The molecular formula is C18H36O10P2. The summed E-state index contributed by atoms with van der Waals surface area (Å²) in [7, 11) is -4.05. The fourth-order valence-corrected chi connectivity index (χ4v) is 5.57. The molecule has 0 aromatic rings. The number of esters is 1. The average Bonchev–Trinajstić information content (AvgIpc) is 2.72. The van der Waals surface area contributed by atoms with Crippen LogP contribution in [0.5, 0.6) is 0 Å². The molecule has 0 aliphatic carbocycles. The van der Waals surface area contributed by atoms with Crippen LogP contribution in [0.3, 0.4) is 0 Å². The number of ether oxygens (including phenoxy) is 2. The second-order valence-corrected chi connectivity index (χ2v) is 10.9. The lowest BCUT2D eigenvalue weighted by atomic mass is 10.2. The molecule has 0 radical (unpaired) electrons. The van der Waals surface area contributed by atoms with Gasteiger partial charge in [0, 0.05) is 7.11 Å². The summed E-state index contributed by atoms with van der Waals surface area (Å²) in [5.41, 5.74) is 0. The molecular weight excluding hydrogens is 438 g/mol. The van der Waals surface area contributed by atoms with Crippen molar-refractivity contribution >= 4 is 26.9 Å². The number of rotatable bonds is 20. The van der Waals surface area contributed by atoms with E-state index in [-0.39, 0.29) is 37.9 Å². The van der Waals surface area contributed by atoms with Crippen molar-refractivity contribution in [3.63, 3.8) is 0 Å². The van der Waals surface area contributed by atoms with Gasteiger partial charge in [-0.2, -0.15) is 0 Å². The summed E-state index contributed by atoms with van der Waals surface area (Å²) in [6.45, 7) is 3.20. The number of Topliss-reactive ketones (excluding diaryl/α,β-unsaturated/α-hetero) is 1. The first-order valence-electron chi connectivity index (χ1n) is 10.0. The number of carbonyl (C=O) groups excluding carboxylic acids is 2. The Labute approximate surface area is 179 Å². The number of ketones is 1. The van der Waals surface area contributed by atoms with E-state index < -0.39 is 27.8 Å². The van der Waals surface area contributed by atoms with Crippen molar-refractivity contribution in [1.29, 1.82) is 0 Å². The highest BCUT2D eigenvalue weighted by atomic mass is 31.2. The third-order valence-corrected chi connectivity index (χ3v) is 7.68. The second kappa shape index (κ2) is 17.0. The van der Waals surface area contributed by atoms with Gasteiger partial charge >= 0.3 is 21.2 Å². The number of carbonyl (C=O) groups is 2. The first kappa shape index (κ1) is 29.4. The van der Waals surface area contributed by atoms with Gasteiger partial charge in [0.15, 0.2) is 12.4 Å². The lowest BCUT2D eigenvalue weighted by Crippen LogP contribution is -2.12. The zero-order valence-electron chi connectivity index (χ0n) is 18.5. The molecule has 0 N–H and O–H groups in total. The molecule has 2 unspecified atom stereocenters. The Balaban J connectivity index is 4.42. The predicted molar refractivity (Wildman–Crippen MR) is 112 cm³/mol. The maximum absolute atomic E-state index is 12.7. The second-order valence-electron chi connectivity index (χ2n) is 6.57. The molecule has 0 aliphatic rings. The van der Waals surface area contributed by atoms with Crippen molar-refractivity contribution in [2.75, 3.05) is 59.6 Å². The zero-order chi connectivity index (χ0) is 22.9. The highest BCUT2D eigenvalue weighted by Gasteiger charge is 2.27. The van der Waals surface area contributed by atoms with Crippen LogP contribution in [-0.4, -0.2) is 71.3 Å². The molecule has 0 bridgehead atoms. The van der Waals surface area contributed by atoms with E-state index in [0.29, 0.717) is 38.7 Å². The Morgan fingerprint density at radius 2 is 1.27 bits per heavy atom. The fourth-order valence-electron chi connectivity index (χ4n) is 2.19. The van der Waals surface area contributed by atoms with Gasteiger partial charge in [0.25, 0.3) is 0 Å². The monoisotopic (exact) mass is 474 g/mol. The molecule has 12 heteroatoms. The topological polar surface area (TPSA) is 124 Å². The van der Waals surface area contributed by atoms with Gasteiger partial charge in [0.05, 0.1) is 39.3 Å². The Hall–Kier alpha value is -0.600. The van der Waals surface area contributed by atoms with Crippen LogP contribution in [0.2, 0.25) is 0 Å². The number of methoxy groups -OCH3 is 2. The molecule has 0 fully saturated rings. The van der Waals surface area contributed by atoms with Crippen LogP contribution in [0.25, 0.3) is 0 Å². The molecule has 0 saturated heterocycles. The smallest absolute Gasteiger partial charge is 0.332 e. The summed E-state index contributed by atoms with van der Waals surface area (Å²) >= 11 is 0. The molecule has 30 heavy (non-hydrogen) atoms. The van der Waals surface area contributed by atoms with Gasteiger partial charge in [-0.05, 0) is 26.2 Å². The number of hydrogen-bond donors (Lipinski definition) is 0. The van der Waals surface area contributed by atoms with E-state index in [2.05, 4.69) is 4.74 Å². The minimum atomic E-state index is -3.46. The zero-order valence-corrected chi connectivity index (χ0v) is 20.3. The predicted octanol–water partition coefficient (Wildman–Crippen LogP) is 3.82. The van der Waals surface area contributed by atoms with Crippen molar-refractivity contribution in [3.05, 3.63) is 0 Å². The van der Waals surface area contributed by atoms with Gasteiger partial charge < -0.3 is 23.0 Å². The molecule has 10 nitrogen and oxygen atoms in total. The SMILES string of the molecule is CCCOP(=O)(CCCCCCP(=O)(OCCOC)OCC(=O)OC)OCC(C)=O. The summed E-state index contributed by atoms with van der Waals surface area (Å²) in [5.74, 6) is -0.856. The van der Waals surface area contributed by atoms with Gasteiger partial charge in [0.2, 0.25) is 0 Å². The molecule has 0 spiro atoms. The van der Waals surface area contributed by atoms with Gasteiger partial charge in [0.1, 0.15) is 6.61 Å². The van der Waals surface area contributed by atoms with E-state index in [1.165, 1.54) is 21.1 Å². The van der Waals surface area contributed by atoms with Crippen molar-refractivity contribution in [3.8, 4) is 0 Å². The first-order valence-corrected chi connectivity index (χ1v) is 13.5. The van der Waals surface area contributed by atoms with E-state index in [4.69, 9.17) is 22.8 Å². The normalized spacial score (nSPS) is 15.3. The van der Waals surface area contributed by atoms with Gasteiger partial charge in [-0.25, -0.2) is 4.79 Å². The largest absolute Gasteiger partial charge is 0.467 e. The Bertz CT molecular complexity index is 581. The molecule has 0 amide bonds. The molecule has 0 rings (SSSR count). The Kier molecular flexibility index (Phi) is 16.7. The van der Waals surface area contributed by atoms with Crippen LogP contribution >= 0.6 is 15.2 Å². The van der Waals surface area contributed by atoms with Crippen LogP contribution < -0.4 is 0 Å². The van der Waals surface area contributed by atoms with Crippen LogP contribution in [0, 0.1) is 0 Å². The van der Waals surface area contributed by atoms with E-state index in [9.17, 15) is 18.7 Å². The lowest BCUT2D eigenvalue weighted by molar-refractivity contribution is -0.143. The minimum Gasteiger partial charge on any atom is -0.467 e. The highest BCUT2D eigenvalue weighted by Crippen LogP contribution is 2.50. The Morgan fingerprint density at radius 3 is 1.73 bits per heavy atom. The van der Waals surface area contributed by atoms with Crippen molar-refractivity contribution in [2.24, 2.45) is 0 Å². The van der Waals surface area contributed by atoms with Crippen molar-refractivity contribution in [2.45, 2.75) is 46.0 Å². The van der Waals surface area contributed by atoms with E-state index >= 15 is 0 Å². The van der Waals surface area contributed by atoms with Gasteiger partial charge in [-0.3, -0.25) is 18.4 Å². The minimum absolute atomic E-state index is 0.0837. The first-order chi connectivity index (χ1) is 14.2. The summed E-state index contributed by atoms with van der Waals surface area (Å²) in [6, 6.07) is 0. The van der Waals surface area contributed by atoms with Gasteiger partial charge in [-0.1, -0.05) is 19.8 Å². The molecule has 0 aliphatic heterocycles. The third-order valence-electron chi connectivity index (χ3n) is 3.75. The maximum Gasteiger partial charge on any atom is 0.332 e. The third kappa shape index (κ3) is 15.2. The summed E-state index contributed by atoms with van der Waals surface area (Å²) in [5, 5.41) is 0. The van der Waals surface area contributed by atoms with Crippen LogP contribution in [-0.2, 0) is 46.3 Å². The summed E-state index contributed by atoms with van der Waals surface area (Å²) in [4.78, 5) is 22.3. The van der Waals surface area contributed by atoms with Crippen LogP contribution in [0.4, 0.5) is 0 Å². The van der Waals surface area contributed by atoms with Crippen LogP contribution in [0.15, 0.2) is 0 Å². The number of hydrogen-bond acceptors (Lipinski definition) is 10. The van der Waals surface area contributed by atoms with Crippen molar-refractivity contribution < 1.29 is 46.3 Å². The van der Waals surface area contributed by atoms with Crippen LogP contribution in [0.1, 0.15) is 46.0 Å². The molecule has 2 atom stereocenters. The maximum atomic E-state index is 12.7. The fraction of sp³-hybridized carbons (Fsp3) is 0.889. The average molecular weight is 474 g/mol.